The van der Waals surface area contributed by atoms with Crippen molar-refractivity contribution in [2.24, 2.45) is 0 Å². The lowest BCUT2D eigenvalue weighted by molar-refractivity contribution is -0.133. The zero-order valence-corrected chi connectivity index (χ0v) is 16.0. The van der Waals surface area contributed by atoms with Crippen LogP contribution in [-0.2, 0) is 4.79 Å². The number of pyridine rings is 1. The Labute approximate surface area is 167 Å². The van der Waals surface area contributed by atoms with Gasteiger partial charge in [0.1, 0.15) is 23.8 Å². The molecule has 2 aliphatic heterocycles. The van der Waals surface area contributed by atoms with Crippen LogP contribution >= 0.6 is 0 Å². The van der Waals surface area contributed by atoms with Crippen molar-refractivity contribution in [3.8, 4) is 12.3 Å². The maximum atomic E-state index is 13.6. The van der Waals surface area contributed by atoms with Crippen LogP contribution in [0.3, 0.4) is 0 Å². The van der Waals surface area contributed by atoms with Crippen molar-refractivity contribution in [2.75, 3.05) is 26.2 Å². The molecule has 2 atom stereocenters. The first kappa shape index (κ1) is 19.5. The van der Waals surface area contributed by atoms with E-state index < -0.39 is 12.3 Å². The number of nitrogens with zero attached hydrogens (tertiary/aromatic N) is 4. The molecule has 0 saturated carbocycles. The lowest BCUT2D eigenvalue weighted by atomic mass is 10.1. The van der Waals surface area contributed by atoms with Crippen LogP contribution in [-0.4, -0.2) is 65.3 Å². The molecule has 6 nitrogen and oxygen atoms in total. The highest BCUT2D eigenvalue weighted by Gasteiger charge is 2.42. The number of benzene rings is 1. The first-order valence-electron chi connectivity index (χ1n) is 9.80. The number of rotatable bonds is 4. The van der Waals surface area contributed by atoms with E-state index in [9.17, 15) is 13.6 Å². The van der Waals surface area contributed by atoms with Crippen molar-refractivity contribution < 1.29 is 18.3 Å². The van der Waals surface area contributed by atoms with Crippen molar-refractivity contribution in [1.29, 1.82) is 0 Å². The first-order valence-corrected chi connectivity index (χ1v) is 9.80. The molecule has 4 rings (SSSR count). The summed E-state index contributed by atoms with van der Waals surface area (Å²) in [5.74, 6) is 0.204. The second-order valence-electron chi connectivity index (χ2n) is 7.57. The minimum absolute atomic E-state index is 0.00537. The molecule has 2 fully saturated rings. The van der Waals surface area contributed by atoms with E-state index in [1.807, 2.05) is 4.90 Å². The van der Waals surface area contributed by atoms with Crippen LogP contribution in [0.4, 0.5) is 8.78 Å². The predicted octanol–water partition coefficient (Wildman–Crippen LogP) is 3.08. The van der Waals surface area contributed by atoms with E-state index >= 15 is 0 Å². The number of halogens is 2. The molecule has 2 aliphatic rings. The van der Waals surface area contributed by atoms with E-state index in [4.69, 9.17) is 11.3 Å². The number of hydrogen-bond donors (Lipinski definition) is 0. The van der Waals surface area contributed by atoms with E-state index in [0.717, 1.165) is 18.2 Å². The number of ether oxygens (including phenoxy) is 1. The van der Waals surface area contributed by atoms with Gasteiger partial charge in [0.15, 0.2) is 0 Å². The Morgan fingerprint density at radius 1 is 1.31 bits per heavy atom. The molecule has 0 spiro atoms. The topological polar surface area (TPSA) is 50.0 Å². The van der Waals surface area contributed by atoms with Crippen LogP contribution in [0.25, 0.3) is 15.7 Å². The van der Waals surface area contributed by atoms with Gasteiger partial charge in [-0.25, -0.2) is 8.78 Å². The molecule has 152 valence electrons. The second-order valence-corrected chi connectivity index (χ2v) is 7.57. The molecule has 1 aromatic carbocycles. The Morgan fingerprint density at radius 3 is 2.86 bits per heavy atom. The van der Waals surface area contributed by atoms with Gasteiger partial charge in [-0.05, 0) is 31.0 Å². The van der Waals surface area contributed by atoms with Gasteiger partial charge in [0.25, 0.3) is 6.57 Å². The molecule has 0 N–H and O–H groups in total. The van der Waals surface area contributed by atoms with E-state index in [1.165, 1.54) is 17.0 Å². The standard InChI is InChI=1S/C21H23F2N4O2/c1-24-20-11-15(23)12-27(20)21(28)13-26-8-5-16(6-9-26)29-19-4-7-25-18-10-14(22)2-3-17(18)19/h1-4,7,10,15-16,20H,5-6,8-9,11-13H2/q+1/t15-,20-/m0/s1. The third-order valence-corrected chi connectivity index (χ3v) is 5.57. The van der Waals surface area contributed by atoms with Gasteiger partial charge in [0.05, 0.1) is 25.0 Å². The molecule has 3 heterocycles. The van der Waals surface area contributed by atoms with Crippen molar-refractivity contribution >= 4 is 16.8 Å². The second kappa shape index (κ2) is 8.29. The van der Waals surface area contributed by atoms with Gasteiger partial charge in [-0.3, -0.25) is 19.6 Å². The summed E-state index contributed by atoms with van der Waals surface area (Å²) in [5.41, 5.74) is 0.558. The SMILES string of the molecule is C#[N+][C@@H]1C[C@H](F)CN1C(=O)CN1CCC(Oc2ccnc3cc(F)ccc23)CC1. The lowest BCUT2D eigenvalue weighted by Gasteiger charge is -2.32. The van der Waals surface area contributed by atoms with Gasteiger partial charge in [-0.2, -0.15) is 0 Å². The summed E-state index contributed by atoms with van der Waals surface area (Å²) < 4.78 is 33.1. The number of amides is 1. The maximum absolute atomic E-state index is 13.6. The summed E-state index contributed by atoms with van der Waals surface area (Å²) >= 11 is 0. The molecular formula is C21H23F2N4O2+. The Bertz CT molecular complexity index is 940. The number of carbonyl (C=O) groups is 1. The molecule has 0 radical (unpaired) electrons. The molecule has 0 aliphatic carbocycles. The monoisotopic (exact) mass is 401 g/mol. The maximum Gasteiger partial charge on any atom is 0.352 e. The van der Waals surface area contributed by atoms with E-state index in [1.54, 1.807) is 18.3 Å². The fraction of sp³-hybridized carbons (Fsp3) is 0.476. The Kier molecular flexibility index (Phi) is 5.58. The molecule has 1 amide bonds. The van der Waals surface area contributed by atoms with Gasteiger partial charge in [-0.1, -0.05) is 4.85 Å². The quantitative estimate of drug-likeness (QED) is 0.790. The number of aromatic nitrogens is 1. The Hall–Kier alpha value is -2.79. The molecule has 0 bridgehead atoms. The van der Waals surface area contributed by atoms with E-state index in [2.05, 4.69) is 9.83 Å². The largest absolute Gasteiger partial charge is 0.490 e. The van der Waals surface area contributed by atoms with Crippen LogP contribution in [0, 0.1) is 12.4 Å². The number of alkyl halides is 1. The number of fused-ring (bicyclic) bond motifs is 1. The molecule has 8 heteroatoms. The van der Waals surface area contributed by atoms with Gasteiger partial charge < -0.3 is 4.74 Å². The molecule has 2 aromatic rings. The minimum Gasteiger partial charge on any atom is -0.490 e. The Balaban J connectivity index is 1.32. The Morgan fingerprint density at radius 2 is 2.10 bits per heavy atom. The zero-order valence-electron chi connectivity index (χ0n) is 16.0. The number of likely N-dealkylation sites (tertiary alicyclic amines) is 2. The molecule has 2 saturated heterocycles. The lowest BCUT2D eigenvalue weighted by Crippen LogP contribution is -2.46. The summed E-state index contributed by atoms with van der Waals surface area (Å²) in [6.07, 6.45) is 1.66. The van der Waals surface area contributed by atoms with Crippen LogP contribution in [0.1, 0.15) is 19.3 Å². The van der Waals surface area contributed by atoms with Gasteiger partial charge in [0, 0.05) is 30.7 Å². The normalized spacial score (nSPS) is 23.3. The van der Waals surface area contributed by atoms with Crippen molar-refractivity contribution in [2.45, 2.75) is 37.7 Å². The summed E-state index contributed by atoms with van der Waals surface area (Å²) in [5, 5.41) is 0.776. The minimum atomic E-state index is -1.07. The average Bonchev–Trinajstić information content (AvgIpc) is 3.10. The fourth-order valence-corrected chi connectivity index (χ4v) is 4.02. The summed E-state index contributed by atoms with van der Waals surface area (Å²) in [4.78, 5) is 23.8. The van der Waals surface area contributed by atoms with Gasteiger partial charge in [0.2, 0.25) is 5.91 Å². The molecule has 29 heavy (non-hydrogen) atoms. The summed E-state index contributed by atoms with van der Waals surface area (Å²) in [7, 11) is 0. The average molecular weight is 401 g/mol. The van der Waals surface area contributed by atoms with Gasteiger partial charge in [-0.15, -0.1) is 0 Å². The van der Waals surface area contributed by atoms with E-state index in [0.29, 0.717) is 24.4 Å². The summed E-state index contributed by atoms with van der Waals surface area (Å²) in [6.45, 7) is 6.99. The van der Waals surface area contributed by atoms with Crippen molar-refractivity contribution in [3.63, 3.8) is 0 Å². The molecule has 1 aromatic heterocycles. The van der Waals surface area contributed by atoms with Crippen LogP contribution in [0.15, 0.2) is 30.5 Å². The van der Waals surface area contributed by atoms with Crippen LogP contribution < -0.4 is 4.74 Å². The highest BCUT2D eigenvalue weighted by molar-refractivity contribution is 5.84. The number of carbonyl (C=O) groups excluding carboxylic acids is 1. The predicted molar refractivity (Wildman–Crippen MR) is 105 cm³/mol. The molecule has 0 unspecified atom stereocenters. The number of hydrogen-bond acceptors (Lipinski definition) is 4. The third-order valence-electron chi connectivity index (χ3n) is 5.57. The highest BCUT2D eigenvalue weighted by atomic mass is 19.1. The smallest absolute Gasteiger partial charge is 0.352 e. The first-order chi connectivity index (χ1) is 14.0. The number of piperidine rings is 1. The van der Waals surface area contributed by atoms with Crippen molar-refractivity contribution in [1.82, 2.24) is 14.8 Å². The van der Waals surface area contributed by atoms with Crippen molar-refractivity contribution in [3.05, 3.63) is 41.1 Å². The summed E-state index contributed by atoms with van der Waals surface area (Å²) in [6, 6.07) is 6.24. The highest BCUT2D eigenvalue weighted by Crippen LogP contribution is 2.28. The van der Waals surface area contributed by atoms with Crippen LogP contribution in [0.2, 0.25) is 0 Å². The van der Waals surface area contributed by atoms with E-state index in [-0.39, 0.29) is 37.3 Å². The van der Waals surface area contributed by atoms with Crippen LogP contribution in [0.5, 0.6) is 5.75 Å². The molecular weight excluding hydrogens is 378 g/mol. The zero-order chi connectivity index (χ0) is 20.4. The fourth-order valence-electron chi connectivity index (χ4n) is 4.02. The van der Waals surface area contributed by atoms with Gasteiger partial charge >= 0.3 is 6.17 Å². The third kappa shape index (κ3) is 4.30.